The molecule has 9 heteroatoms. The van der Waals surface area contributed by atoms with Crippen LogP contribution in [0.5, 0.6) is 11.5 Å². The number of halogens is 4. The van der Waals surface area contributed by atoms with Crippen molar-refractivity contribution in [1.82, 2.24) is 0 Å². The highest BCUT2D eigenvalue weighted by Gasteiger charge is 2.29. The summed E-state index contributed by atoms with van der Waals surface area (Å²) in [4.78, 5) is 12.1. The molecule has 0 unspecified atom stereocenters. The number of ether oxygens (including phenoxy) is 2. The summed E-state index contributed by atoms with van der Waals surface area (Å²) in [5.41, 5.74) is -0.370. The average Bonchev–Trinajstić information content (AvgIpc) is 2.59. The van der Waals surface area contributed by atoms with Gasteiger partial charge in [-0.25, -0.2) is 4.39 Å². The molecule has 5 nitrogen and oxygen atoms in total. The van der Waals surface area contributed by atoms with E-state index in [-0.39, 0.29) is 28.3 Å². The third-order valence-corrected chi connectivity index (χ3v) is 3.17. The first-order chi connectivity index (χ1) is 12.2. The van der Waals surface area contributed by atoms with Gasteiger partial charge in [-0.2, -0.15) is 18.4 Å². The van der Waals surface area contributed by atoms with Crippen LogP contribution in [0.4, 0.5) is 23.2 Å². The number of rotatable bonds is 5. The molecule has 0 heterocycles. The van der Waals surface area contributed by atoms with Crippen molar-refractivity contribution in [2.45, 2.75) is 6.18 Å². The average molecular weight is 368 g/mol. The maximum Gasteiger partial charge on any atom is 0.422 e. The second kappa shape index (κ2) is 7.74. The summed E-state index contributed by atoms with van der Waals surface area (Å²) in [7, 11) is 1.35. The summed E-state index contributed by atoms with van der Waals surface area (Å²) in [5.74, 6) is -1.65. The molecule has 0 aliphatic rings. The number of methoxy groups -OCH3 is 1. The van der Waals surface area contributed by atoms with Gasteiger partial charge in [0.2, 0.25) is 0 Å². The van der Waals surface area contributed by atoms with Crippen molar-refractivity contribution in [3.05, 3.63) is 53.3 Å². The summed E-state index contributed by atoms with van der Waals surface area (Å²) in [6.45, 7) is -1.55. The second-order valence-electron chi connectivity index (χ2n) is 5.03. The Labute approximate surface area is 145 Å². The highest BCUT2D eigenvalue weighted by molar-refractivity contribution is 6.04. The zero-order valence-corrected chi connectivity index (χ0v) is 13.4. The van der Waals surface area contributed by atoms with Gasteiger partial charge in [-0.1, -0.05) is 0 Å². The van der Waals surface area contributed by atoms with E-state index in [4.69, 9.17) is 10.00 Å². The van der Waals surface area contributed by atoms with E-state index in [2.05, 4.69) is 10.1 Å². The van der Waals surface area contributed by atoms with Gasteiger partial charge in [-0.15, -0.1) is 0 Å². The van der Waals surface area contributed by atoms with Crippen molar-refractivity contribution >= 4 is 11.6 Å². The van der Waals surface area contributed by atoms with E-state index in [9.17, 15) is 22.4 Å². The molecule has 0 bridgehead atoms. The Bertz CT molecular complexity index is 860. The molecule has 1 amide bonds. The van der Waals surface area contributed by atoms with Gasteiger partial charge in [0, 0.05) is 11.8 Å². The summed E-state index contributed by atoms with van der Waals surface area (Å²) in [6.07, 6.45) is -4.55. The van der Waals surface area contributed by atoms with Gasteiger partial charge in [-0.3, -0.25) is 4.79 Å². The minimum absolute atomic E-state index is 0.0983. The molecular weight excluding hydrogens is 356 g/mol. The number of nitrogens with zero attached hydrogens (tertiary/aromatic N) is 1. The normalized spacial score (nSPS) is 10.8. The fourth-order valence-electron chi connectivity index (χ4n) is 1.99. The van der Waals surface area contributed by atoms with Crippen molar-refractivity contribution in [1.29, 1.82) is 5.26 Å². The number of carbonyl (C=O) groups excluding carboxylic acids is 1. The SMILES string of the molecule is COc1ccc(C(=O)Nc2ccc(OCC(F)(F)F)c(C#N)c2)c(F)c1. The lowest BCUT2D eigenvalue weighted by Crippen LogP contribution is -2.19. The quantitative estimate of drug-likeness (QED) is 0.813. The monoisotopic (exact) mass is 368 g/mol. The van der Waals surface area contributed by atoms with Crippen LogP contribution >= 0.6 is 0 Å². The molecule has 1 N–H and O–H groups in total. The molecule has 0 aromatic heterocycles. The van der Waals surface area contributed by atoms with Crippen molar-refractivity contribution in [3.63, 3.8) is 0 Å². The van der Waals surface area contributed by atoms with Gasteiger partial charge in [0.25, 0.3) is 5.91 Å². The largest absolute Gasteiger partial charge is 0.497 e. The number of anilines is 1. The summed E-state index contributed by atoms with van der Waals surface area (Å²) in [6, 6.07) is 8.81. The minimum Gasteiger partial charge on any atom is -0.497 e. The van der Waals surface area contributed by atoms with Crippen LogP contribution in [-0.4, -0.2) is 25.8 Å². The van der Waals surface area contributed by atoms with Gasteiger partial charge in [0.1, 0.15) is 23.4 Å². The smallest absolute Gasteiger partial charge is 0.422 e. The molecule has 0 saturated carbocycles. The number of nitriles is 1. The molecule has 0 radical (unpaired) electrons. The zero-order valence-electron chi connectivity index (χ0n) is 13.4. The number of alkyl halides is 3. The Kier molecular flexibility index (Phi) is 5.67. The van der Waals surface area contributed by atoms with Crippen molar-refractivity contribution < 1.29 is 31.8 Å². The Morgan fingerprint density at radius 3 is 2.54 bits per heavy atom. The van der Waals surface area contributed by atoms with Crippen molar-refractivity contribution in [3.8, 4) is 17.6 Å². The molecule has 0 aliphatic carbocycles. The van der Waals surface area contributed by atoms with Gasteiger partial charge in [0.15, 0.2) is 6.61 Å². The lowest BCUT2D eigenvalue weighted by molar-refractivity contribution is -0.153. The first-order valence-corrected chi connectivity index (χ1v) is 7.12. The third-order valence-electron chi connectivity index (χ3n) is 3.17. The maximum atomic E-state index is 13.9. The predicted molar refractivity (Wildman–Crippen MR) is 83.6 cm³/mol. The van der Waals surface area contributed by atoms with Gasteiger partial charge >= 0.3 is 6.18 Å². The molecule has 136 valence electrons. The minimum atomic E-state index is -4.55. The van der Waals surface area contributed by atoms with Crippen LogP contribution in [0.2, 0.25) is 0 Å². The molecule has 0 atom stereocenters. The van der Waals surface area contributed by atoms with Crippen molar-refractivity contribution in [2.24, 2.45) is 0 Å². The number of hydrogen-bond acceptors (Lipinski definition) is 4. The lowest BCUT2D eigenvalue weighted by Gasteiger charge is -2.12. The molecule has 0 fully saturated rings. The highest BCUT2D eigenvalue weighted by atomic mass is 19.4. The van der Waals surface area contributed by atoms with Crippen LogP contribution in [0.1, 0.15) is 15.9 Å². The molecule has 0 spiro atoms. The molecule has 2 rings (SSSR count). The number of nitrogens with one attached hydrogen (secondary N) is 1. The Balaban J connectivity index is 2.17. The van der Waals surface area contributed by atoms with Gasteiger partial charge in [-0.05, 0) is 30.3 Å². The fourth-order valence-corrected chi connectivity index (χ4v) is 1.99. The number of carbonyl (C=O) groups is 1. The van der Waals surface area contributed by atoms with Crippen LogP contribution in [0.3, 0.4) is 0 Å². The standard InChI is InChI=1S/C17H12F4N2O3/c1-25-12-3-4-13(14(18)7-12)16(24)23-11-2-5-15(10(6-11)8-22)26-9-17(19,20)21/h2-7H,9H2,1H3,(H,23,24). The third kappa shape index (κ3) is 4.86. The van der Waals surface area contributed by atoms with Crippen molar-refractivity contribution in [2.75, 3.05) is 19.0 Å². The first kappa shape index (κ1) is 19.1. The van der Waals surface area contributed by atoms with Crippen LogP contribution in [0.15, 0.2) is 36.4 Å². The molecule has 0 saturated heterocycles. The zero-order chi connectivity index (χ0) is 19.3. The van der Waals surface area contributed by atoms with Gasteiger partial charge in [0.05, 0.1) is 18.2 Å². The van der Waals surface area contributed by atoms with E-state index >= 15 is 0 Å². The summed E-state index contributed by atoms with van der Waals surface area (Å²) < 4.78 is 59.9. The maximum absolute atomic E-state index is 13.9. The topological polar surface area (TPSA) is 71.3 Å². The Hall–Kier alpha value is -3.28. The van der Waals surface area contributed by atoms with Crippen LogP contribution in [0.25, 0.3) is 0 Å². The number of hydrogen-bond donors (Lipinski definition) is 1. The summed E-state index contributed by atoms with van der Waals surface area (Å²) >= 11 is 0. The second-order valence-corrected chi connectivity index (χ2v) is 5.03. The van der Waals surface area contributed by atoms with E-state index in [1.807, 2.05) is 0 Å². The fraction of sp³-hybridized carbons (Fsp3) is 0.176. The van der Waals surface area contributed by atoms with Crippen LogP contribution in [-0.2, 0) is 0 Å². The lowest BCUT2D eigenvalue weighted by atomic mass is 10.1. The predicted octanol–water partition coefficient (Wildman–Crippen LogP) is 3.90. The molecule has 0 aliphatic heterocycles. The molecule has 2 aromatic rings. The van der Waals surface area contributed by atoms with Gasteiger partial charge < -0.3 is 14.8 Å². The molecular formula is C17H12F4N2O3. The summed E-state index contributed by atoms with van der Waals surface area (Å²) in [5, 5.41) is 11.4. The van der Waals surface area contributed by atoms with Crippen LogP contribution < -0.4 is 14.8 Å². The van der Waals surface area contributed by atoms with Crippen LogP contribution in [0, 0.1) is 17.1 Å². The van der Waals surface area contributed by atoms with E-state index < -0.39 is 24.5 Å². The number of benzene rings is 2. The number of amides is 1. The van der Waals surface area contributed by atoms with E-state index in [0.717, 1.165) is 18.2 Å². The molecule has 26 heavy (non-hydrogen) atoms. The Morgan fingerprint density at radius 2 is 1.96 bits per heavy atom. The highest BCUT2D eigenvalue weighted by Crippen LogP contribution is 2.25. The first-order valence-electron chi connectivity index (χ1n) is 7.12. The Morgan fingerprint density at radius 1 is 1.23 bits per heavy atom. The van der Waals surface area contributed by atoms with E-state index in [0.29, 0.717) is 0 Å². The van der Waals surface area contributed by atoms with E-state index in [1.54, 1.807) is 6.07 Å². The molecule has 2 aromatic carbocycles. The van der Waals surface area contributed by atoms with E-state index in [1.165, 1.54) is 25.3 Å².